The highest BCUT2D eigenvalue weighted by atomic mass is 16.2. The molecular formula is C21H41NO2. The van der Waals surface area contributed by atoms with Gasteiger partial charge in [0.05, 0.1) is 6.04 Å². The third-order valence-electron chi connectivity index (χ3n) is 4.74. The van der Waals surface area contributed by atoms with Crippen molar-refractivity contribution in [1.82, 2.24) is 5.32 Å². The minimum atomic E-state index is -0.292. The first kappa shape index (κ1) is 23.1. The molecule has 142 valence electrons. The number of hydrogen-bond acceptors (Lipinski definition) is 2. The highest BCUT2D eigenvalue weighted by Gasteiger charge is 2.13. The van der Waals surface area contributed by atoms with Crippen LogP contribution < -0.4 is 5.32 Å². The average Bonchev–Trinajstić information content (AvgIpc) is 2.56. The second-order valence-electron chi connectivity index (χ2n) is 7.13. The molecule has 0 heterocycles. The van der Waals surface area contributed by atoms with Crippen molar-refractivity contribution in [3.8, 4) is 0 Å². The molecule has 0 aromatic carbocycles. The van der Waals surface area contributed by atoms with E-state index in [-0.39, 0.29) is 17.7 Å². The van der Waals surface area contributed by atoms with Crippen molar-refractivity contribution in [3.05, 3.63) is 0 Å². The van der Waals surface area contributed by atoms with Gasteiger partial charge in [0.1, 0.15) is 0 Å². The van der Waals surface area contributed by atoms with Gasteiger partial charge in [-0.05, 0) is 19.8 Å². The number of carbonyl (C=O) groups is 2. The Balaban J connectivity index is 3.30. The standard InChI is InChI=1S/C21H41NO2/c1-4-6-7-8-9-10-11-12-13-14-15-16-17-18-21(24)22-20(5-2)19(3)23/h20H,4-18H2,1-3H3,(H,22,24). The van der Waals surface area contributed by atoms with Crippen molar-refractivity contribution < 1.29 is 9.59 Å². The molecule has 1 amide bonds. The van der Waals surface area contributed by atoms with Gasteiger partial charge in [-0.1, -0.05) is 90.9 Å². The number of amides is 1. The van der Waals surface area contributed by atoms with E-state index in [2.05, 4.69) is 12.2 Å². The highest BCUT2D eigenvalue weighted by Crippen LogP contribution is 2.13. The Kier molecular flexibility index (Phi) is 16.4. The zero-order valence-corrected chi connectivity index (χ0v) is 16.5. The summed E-state index contributed by atoms with van der Waals surface area (Å²) >= 11 is 0. The molecule has 1 N–H and O–H groups in total. The molecule has 0 aliphatic carbocycles. The molecule has 3 heteroatoms. The van der Waals surface area contributed by atoms with Crippen LogP contribution >= 0.6 is 0 Å². The lowest BCUT2D eigenvalue weighted by Gasteiger charge is -2.13. The van der Waals surface area contributed by atoms with E-state index in [0.29, 0.717) is 12.8 Å². The number of carbonyl (C=O) groups excluding carboxylic acids is 2. The Morgan fingerprint density at radius 2 is 1.12 bits per heavy atom. The Labute approximate surface area is 150 Å². The fourth-order valence-electron chi connectivity index (χ4n) is 3.06. The molecule has 3 nitrogen and oxygen atoms in total. The molecule has 0 fully saturated rings. The zero-order valence-electron chi connectivity index (χ0n) is 16.5. The summed E-state index contributed by atoms with van der Waals surface area (Å²) in [5.41, 5.74) is 0. The van der Waals surface area contributed by atoms with Crippen molar-refractivity contribution in [2.75, 3.05) is 0 Å². The van der Waals surface area contributed by atoms with E-state index in [1.165, 1.54) is 70.6 Å². The van der Waals surface area contributed by atoms with Crippen molar-refractivity contribution in [2.45, 2.75) is 123 Å². The van der Waals surface area contributed by atoms with Crippen LogP contribution in [-0.4, -0.2) is 17.7 Å². The number of ketones is 1. The van der Waals surface area contributed by atoms with E-state index in [1.807, 2.05) is 6.92 Å². The number of hydrogen-bond donors (Lipinski definition) is 1. The van der Waals surface area contributed by atoms with Crippen LogP contribution in [0.4, 0.5) is 0 Å². The fraction of sp³-hybridized carbons (Fsp3) is 0.905. The lowest BCUT2D eigenvalue weighted by Crippen LogP contribution is -2.39. The van der Waals surface area contributed by atoms with Crippen LogP contribution in [0.2, 0.25) is 0 Å². The summed E-state index contributed by atoms with van der Waals surface area (Å²) in [5, 5.41) is 2.82. The maximum atomic E-state index is 11.8. The predicted molar refractivity (Wildman–Crippen MR) is 103 cm³/mol. The van der Waals surface area contributed by atoms with Gasteiger partial charge >= 0.3 is 0 Å². The molecule has 0 bridgehead atoms. The lowest BCUT2D eigenvalue weighted by molar-refractivity contribution is -0.127. The van der Waals surface area contributed by atoms with Crippen molar-refractivity contribution >= 4 is 11.7 Å². The Bertz CT molecular complexity index is 315. The number of rotatable bonds is 17. The summed E-state index contributed by atoms with van der Waals surface area (Å²) < 4.78 is 0. The number of nitrogens with one attached hydrogen (secondary N) is 1. The van der Waals surface area contributed by atoms with Gasteiger partial charge in [0, 0.05) is 6.42 Å². The summed E-state index contributed by atoms with van der Waals surface area (Å²) in [6.45, 7) is 5.73. The average molecular weight is 340 g/mol. The third-order valence-corrected chi connectivity index (χ3v) is 4.74. The van der Waals surface area contributed by atoms with Gasteiger partial charge in [0.25, 0.3) is 0 Å². The Morgan fingerprint density at radius 3 is 1.50 bits per heavy atom. The van der Waals surface area contributed by atoms with E-state index >= 15 is 0 Å². The molecule has 0 radical (unpaired) electrons. The van der Waals surface area contributed by atoms with E-state index in [4.69, 9.17) is 0 Å². The molecule has 0 rings (SSSR count). The summed E-state index contributed by atoms with van der Waals surface area (Å²) in [4.78, 5) is 23.0. The molecule has 0 saturated heterocycles. The normalized spacial score (nSPS) is 12.1. The largest absolute Gasteiger partial charge is 0.346 e. The molecule has 0 aliphatic heterocycles. The summed E-state index contributed by atoms with van der Waals surface area (Å²) in [5.74, 6) is 0.0799. The number of Topliss-reactive ketones (excluding diaryl/α,β-unsaturated/α-hetero) is 1. The molecule has 0 aromatic rings. The number of unbranched alkanes of at least 4 members (excludes halogenated alkanes) is 12. The van der Waals surface area contributed by atoms with Gasteiger partial charge in [-0.3, -0.25) is 9.59 Å². The van der Waals surface area contributed by atoms with Crippen molar-refractivity contribution in [1.29, 1.82) is 0 Å². The molecule has 1 atom stereocenters. The first-order chi connectivity index (χ1) is 11.6. The van der Waals surface area contributed by atoms with Crippen molar-refractivity contribution in [3.63, 3.8) is 0 Å². The van der Waals surface area contributed by atoms with E-state index < -0.39 is 0 Å². The molecule has 24 heavy (non-hydrogen) atoms. The SMILES string of the molecule is CCCCCCCCCCCCCCCC(=O)NC(CC)C(C)=O. The Morgan fingerprint density at radius 1 is 0.708 bits per heavy atom. The van der Waals surface area contributed by atoms with Crippen molar-refractivity contribution in [2.24, 2.45) is 0 Å². The van der Waals surface area contributed by atoms with Crippen LogP contribution in [0.15, 0.2) is 0 Å². The molecule has 1 unspecified atom stereocenters. The molecular weight excluding hydrogens is 298 g/mol. The molecule has 0 spiro atoms. The van der Waals surface area contributed by atoms with E-state index in [1.54, 1.807) is 6.92 Å². The molecule has 0 aromatic heterocycles. The van der Waals surface area contributed by atoms with Crippen LogP contribution in [-0.2, 0) is 9.59 Å². The Hall–Kier alpha value is -0.860. The van der Waals surface area contributed by atoms with Crippen LogP contribution in [0.3, 0.4) is 0 Å². The van der Waals surface area contributed by atoms with Crippen LogP contribution in [0.5, 0.6) is 0 Å². The maximum Gasteiger partial charge on any atom is 0.220 e. The zero-order chi connectivity index (χ0) is 18.0. The van der Waals surface area contributed by atoms with Gasteiger partial charge < -0.3 is 5.32 Å². The van der Waals surface area contributed by atoms with Gasteiger partial charge in [-0.25, -0.2) is 0 Å². The minimum Gasteiger partial charge on any atom is -0.346 e. The highest BCUT2D eigenvalue weighted by molar-refractivity contribution is 5.87. The maximum absolute atomic E-state index is 11.8. The van der Waals surface area contributed by atoms with Gasteiger partial charge in [-0.2, -0.15) is 0 Å². The van der Waals surface area contributed by atoms with Gasteiger partial charge in [0.15, 0.2) is 5.78 Å². The molecule has 0 saturated carbocycles. The second kappa shape index (κ2) is 17.0. The summed E-state index contributed by atoms with van der Waals surface area (Å²) in [6, 6.07) is -0.292. The monoisotopic (exact) mass is 339 g/mol. The fourth-order valence-corrected chi connectivity index (χ4v) is 3.06. The quantitative estimate of drug-likeness (QED) is 0.333. The second-order valence-corrected chi connectivity index (χ2v) is 7.13. The molecule has 0 aliphatic rings. The van der Waals surface area contributed by atoms with Crippen LogP contribution in [0.25, 0.3) is 0 Å². The predicted octanol–water partition coefficient (Wildman–Crippen LogP) is 5.95. The van der Waals surface area contributed by atoms with Crippen LogP contribution in [0.1, 0.15) is 117 Å². The smallest absolute Gasteiger partial charge is 0.220 e. The van der Waals surface area contributed by atoms with Gasteiger partial charge in [-0.15, -0.1) is 0 Å². The van der Waals surface area contributed by atoms with E-state index in [0.717, 1.165) is 12.8 Å². The first-order valence-corrected chi connectivity index (χ1v) is 10.4. The first-order valence-electron chi connectivity index (χ1n) is 10.4. The summed E-state index contributed by atoms with van der Waals surface area (Å²) in [7, 11) is 0. The van der Waals surface area contributed by atoms with E-state index in [9.17, 15) is 9.59 Å². The summed E-state index contributed by atoms with van der Waals surface area (Å²) in [6.07, 6.45) is 18.3. The van der Waals surface area contributed by atoms with Gasteiger partial charge in [0.2, 0.25) is 5.91 Å². The van der Waals surface area contributed by atoms with Crippen LogP contribution in [0, 0.1) is 0 Å². The lowest BCUT2D eigenvalue weighted by atomic mass is 10.0. The topological polar surface area (TPSA) is 46.2 Å². The third kappa shape index (κ3) is 14.7. The minimum absolute atomic E-state index is 0.0279.